The summed E-state index contributed by atoms with van der Waals surface area (Å²) in [5.41, 5.74) is 6.40. The number of fused-ring (bicyclic) bond motifs is 1. The number of ether oxygens (including phenoxy) is 1. The number of hydrogen-bond acceptors (Lipinski definition) is 4. The molecule has 3 rings (SSSR count). The monoisotopic (exact) mass is 334 g/mol. The van der Waals surface area contributed by atoms with Crippen LogP contribution < -0.4 is 5.32 Å². The van der Waals surface area contributed by atoms with Crippen LogP contribution in [0.25, 0.3) is 10.9 Å². The largest absolute Gasteiger partial charge is 0.461 e. The van der Waals surface area contributed by atoms with Crippen LogP contribution in [0.15, 0.2) is 42.5 Å². The Labute approximate surface area is 147 Å². The summed E-state index contributed by atoms with van der Waals surface area (Å²) in [5, 5.41) is 4.45. The van der Waals surface area contributed by atoms with Crippen molar-refractivity contribution >= 4 is 28.2 Å². The molecule has 0 radical (unpaired) electrons. The lowest BCUT2D eigenvalue weighted by Crippen LogP contribution is -2.08. The van der Waals surface area contributed by atoms with Crippen molar-refractivity contribution in [3.8, 4) is 0 Å². The fraction of sp³-hybridized carbons (Fsp3) is 0.238. The fourth-order valence-corrected chi connectivity index (χ4v) is 2.77. The molecule has 0 bridgehead atoms. The summed E-state index contributed by atoms with van der Waals surface area (Å²) in [6.07, 6.45) is 0. The highest BCUT2D eigenvalue weighted by Crippen LogP contribution is 2.29. The highest BCUT2D eigenvalue weighted by Gasteiger charge is 2.14. The lowest BCUT2D eigenvalue weighted by atomic mass is 10.1. The van der Waals surface area contributed by atoms with Gasteiger partial charge in [-0.25, -0.2) is 9.78 Å². The third kappa shape index (κ3) is 3.63. The molecule has 128 valence electrons. The van der Waals surface area contributed by atoms with Gasteiger partial charge in [0.15, 0.2) is 5.69 Å². The first-order chi connectivity index (χ1) is 12.0. The smallest absolute Gasteiger partial charge is 0.357 e. The first-order valence-electron chi connectivity index (χ1n) is 8.40. The number of pyridine rings is 1. The van der Waals surface area contributed by atoms with Gasteiger partial charge in [-0.3, -0.25) is 0 Å². The zero-order valence-corrected chi connectivity index (χ0v) is 15.0. The molecule has 0 aliphatic carbocycles. The van der Waals surface area contributed by atoms with Crippen LogP contribution in [0.3, 0.4) is 0 Å². The molecule has 1 heterocycles. The number of benzene rings is 2. The first kappa shape index (κ1) is 17.0. The molecule has 0 spiro atoms. The van der Waals surface area contributed by atoms with Crippen LogP contribution in [-0.2, 0) is 4.74 Å². The summed E-state index contributed by atoms with van der Waals surface area (Å²) in [7, 11) is 0. The molecule has 1 N–H and O–H groups in total. The molecule has 0 atom stereocenters. The predicted octanol–water partition coefficient (Wildman–Crippen LogP) is 5.08. The average molecular weight is 334 g/mol. The molecule has 1 aromatic heterocycles. The molecule has 0 amide bonds. The molecule has 0 fully saturated rings. The van der Waals surface area contributed by atoms with Crippen LogP contribution in [0.4, 0.5) is 11.4 Å². The first-order valence-corrected chi connectivity index (χ1v) is 8.40. The maximum Gasteiger partial charge on any atom is 0.357 e. The molecule has 0 unspecified atom stereocenters. The van der Waals surface area contributed by atoms with Gasteiger partial charge < -0.3 is 10.1 Å². The van der Waals surface area contributed by atoms with Gasteiger partial charge in [0.1, 0.15) is 0 Å². The van der Waals surface area contributed by atoms with Gasteiger partial charge in [0.2, 0.25) is 0 Å². The van der Waals surface area contributed by atoms with Gasteiger partial charge >= 0.3 is 5.97 Å². The molecule has 25 heavy (non-hydrogen) atoms. The van der Waals surface area contributed by atoms with Crippen LogP contribution >= 0.6 is 0 Å². The molecule has 3 aromatic rings. The standard InChI is InChI=1S/C21H22N2O2/c1-5-25-21(24)20-12-19(16-10-13(2)7-9-17(16)22-20)23-18-11-14(3)6-8-15(18)4/h6-12H,5H2,1-4H3,(H,22,23). The topological polar surface area (TPSA) is 51.2 Å². The molecular formula is C21H22N2O2. The third-order valence-corrected chi connectivity index (χ3v) is 4.11. The van der Waals surface area contributed by atoms with E-state index in [-0.39, 0.29) is 0 Å². The number of rotatable bonds is 4. The Morgan fingerprint density at radius 1 is 1.00 bits per heavy atom. The summed E-state index contributed by atoms with van der Waals surface area (Å²) >= 11 is 0. The van der Waals surface area contributed by atoms with Gasteiger partial charge in [-0.15, -0.1) is 0 Å². The number of esters is 1. The van der Waals surface area contributed by atoms with Gasteiger partial charge in [0, 0.05) is 11.1 Å². The Morgan fingerprint density at radius 2 is 1.72 bits per heavy atom. The Bertz CT molecular complexity index is 948. The van der Waals surface area contributed by atoms with E-state index >= 15 is 0 Å². The Hall–Kier alpha value is -2.88. The van der Waals surface area contributed by atoms with Gasteiger partial charge in [0.25, 0.3) is 0 Å². The second-order valence-corrected chi connectivity index (χ2v) is 6.24. The van der Waals surface area contributed by atoms with Gasteiger partial charge in [0.05, 0.1) is 17.8 Å². The maximum atomic E-state index is 12.2. The van der Waals surface area contributed by atoms with Crippen molar-refractivity contribution in [2.45, 2.75) is 27.7 Å². The van der Waals surface area contributed by atoms with E-state index in [1.165, 1.54) is 5.56 Å². The lowest BCUT2D eigenvalue weighted by molar-refractivity contribution is 0.0520. The molecule has 2 aromatic carbocycles. The van der Waals surface area contributed by atoms with Crippen LogP contribution in [-0.4, -0.2) is 17.6 Å². The van der Waals surface area contributed by atoms with E-state index < -0.39 is 5.97 Å². The fourth-order valence-electron chi connectivity index (χ4n) is 2.77. The van der Waals surface area contributed by atoms with E-state index in [1.54, 1.807) is 13.0 Å². The van der Waals surface area contributed by atoms with Crippen molar-refractivity contribution < 1.29 is 9.53 Å². The number of carbonyl (C=O) groups excluding carboxylic acids is 1. The van der Waals surface area contributed by atoms with Gasteiger partial charge in [-0.1, -0.05) is 23.8 Å². The van der Waals surface area contributed by atoms with Crippen LogP contribution in [0.1, 0.15) is 34.1 Å². The minimum absolute atomic E-state index is 0.311. The predicted molar refractivity (Wildman–Crippen MR) is 102 cm³/mol. The third-order valence-electron chi connectivity index (χ3n) is 4.11. The van der Waals surface area contributed by atoms with Crippen LogP contribution in [0, 0.1) is 20.8 Å². The van der Waals surface area contributed by atoms with E-state index in [0.717, 1.165) is 33.4 Å². The summed E-state index contributed by atoms with van der Waals surface area (Å²) in [5.74, 6) is -0.408. The minimum atomic E-state index is -0.408. The van der Waals surface area contributed by atoms with Crippen molar-refractivity contribution in [1.29, 1.82) is 0 Å². The SMILES string of the molecule is CCOC(=O)c1cc(Nc2cc(C)ccc2C)c2cc(C)ccc2n1. The second kappa shape index (κ2) is 6.93. The maximum absolute atomic E-state index is 12.2. The Balaban J connectivity index is 2.15. The zero-order chi connectivity index (χ0) is 18.0. The molecule has 0 saturated heterocycles. The van der Waals surface area contributed by atoms with Crippen molar-refractivity contribution in [1.82, 2.24) is 4.98 Å². The average Bonchev–Trinajstić information content (AvgIpc) is 2.58. The van der Waals surface area contributed by atoms with Crippen molar-refractivity contribution in [2.75, 3.05) is 11.9 Å². The van der Waals surface area contributed by atoms with Crippen LogP contribution in [0.5, 0.6) is 0 Å². The highest BCUT2D eigenvalue weighted by molar-refractivity contribution is 5.99. The van der Waals surface area contributed by atoms with E-state index in [2.05, 4.69) is 48.4 Å². The molecule has 0 saturated carbocycles. The normalized spacial score (nSPS) is 10.7. The van der Waals surface area contributed by atoms with Gasteiger partial charge in [-0.2, -0.15) is 0 Å². The number of carbonyl (C=O) groups is 1. The number of aryl methyl sites for hydroxylation is 3. The molecule has 0 aliphatic rings. The van der Waals surface area contributed by atoms with E-state index in [9.17, 15) is 4.79 Å². The van der Waals surface area contributed by atoms with E-state index in [1.807, 2.05) is 19.1 Å². The van der Waals surface area contributed by atoms with Gasteiger partial charge in [-0.05, 0) is 63.1 Å². The van der Waals surface area contributed by atoms with Crippen molar-refractivity contribution in [2.24, 2.45) is 0 Å². The van der Waals surface area contributed by atoms with Crippen LogP contribution in [0.2, 0.25) is 0 Å². The number of aromatic nitrogens is 1. The minimum Gasteiger partial charge on any atom is -0.461 e. The number of nitrogens with one attached hydrogen (secondary N) is 1. The number of anilines is 2. The summed E-state index contributed by atoms with van der Waals surface area (Å²) in [4.78, 5) is 16.6. The summed E-state index contributed by atoms with van der Waals surface area (Å²) < 4.78 is 5.12. The number of hydrogen-bond donors (Lipinski definition) is 1. The summed E-state index contributed by atoms with van der Waals surface area (Å²) in [6, 6.07) is 14.0. The molecule has 0 aliphatic heterocycles. The second-order valence-electron chi connectivity index (χ2n) is 6.24. The van der Waals surface area contributed by atoms with Crippen molar-refractivity contribution in [3.63, 3.8) is 0 Å². The van der Waals surface area contributed by atoms with E-state index in [4.69, 9.17) is 4.74 Å². The lowest BCUT2D eigenvalue weighted by Gasteiger charge is -2.14. The molecule has 4 heteroatoms. The quantitative estimate of drug-likeness (QED) is 0.676. The highest BCUT2D eigenvalue weighted by atomic mass is 16.5. The molecule has 4 nitrogen and oxygen atoms in total. The Kier molecular flexibility index (Phi) is 4.70. The van der Waals surface area contributed by atoms with E-state index in [0.29, 0.717) is 12.3 Å². The Morgan fingerprint density at radius 3 is 2.48 bits per heavy atom. The van der Waals surface area contributed by atoms with Crippen molar-refractivity contribution in [3.05, 3.63) is 64.8 Å². The number of nitrogens with zero attached hydrogens (tertiary/aromatic N) is 1. The zero-order valence-electron chi connectivity index (χ0n) is 15.0. The molecular weight excluding hydrogens is 312 g/mol. The summed E-state index contributed by atoms with van der Waals surface area (Å²) in [6.45, 7) is 8.27.